The van der Waals surface area contributed by atoms with Gasteiger partial charge in [0, 0.05) is 48.2 Å². The summed E-state index contributed by atoms with van der Waals surface area (Å²) in [5.74, 6) is 0.0128. The number of carbonyl (C=O) groups is 2. The van der Waals surface area contributed by atoms with Gasteiger partial charge >= 0.3 is 0 Å². The summed E-state index contributed by atoms with van der Waals surface area (Å²) in [6.45, 7) is 3.25. The van der Waals surface area contributed by atoms with Crippen LogP contribution in [0.3, 0.4) is 0 Å². The maximum atomic E-state index is 13.3. The number of anilines is 2. The normalized spacial score (nSPS) is 17.7. The van der Waals surface area contributed by atoms with Crippen LogP contribution in [0.5, 0.6) is 0 Å². The SMILES string of the molecule is COC[C@@H]1CCCN1C(=O)c1cc2nccc(Nc3ccc4[nH]c(C)c(C(=O)NC5CC5)c4c3)c2s1. The van der Waals surface area contributed by atoms with Crippen LogP contribution in [0, 0.1) is 6.92 Å². The average Bonchev–Trinajstić information content (AvgIpc) is 3.25. The van der Waals surface area contributed by atoms with Crippen LogP contribution in [0.2, 0.25) is 0 Å². The quantitative estimate of drug-likeness (QED) is 0.331. The molecule has 4 heterocycles. The summed E-state index contributed by atoms with van der Waals surface area (Å²) in [7, 11) is 1.68. The zero-order chi connectivity index (χ0) is 24.8. The predicted octanol–water partition coefficient (Wildman–Crippen LogP) is 4.97. The number of likely N-dealkylation sites (tertiary alicyclic amines) is 1. The molecule has 1 saturated heterocycles. The minimum Gasteiger partial charge on any atom is -0.383 e. The van der Waals surface area contributed by atoms with Crippen molar-refractivity contribution in [2.24, 2.45) is 0 Å². The first kappa shape index (κ1) is 23.0. The predicted molar refractivity (Wildman–Crippen MR) is 142 cm³/mol. The van der Waals surface area contributed by atoms with Gasteiger partial charge in [-0.1, -0.05) is 0 Å². The van der Waals surface area contributed by atoms with Gasteiger partial charge in [-0.3, -0.25) is 14.6 Å². The largest absolute Gasteiger partial charge is 0.383 e. The molecule has 186 valence electrons. The summed E-state index contributed by atoms with van der Waals surface area (Å²) in [5.41, 5.74) is 5.03. The second-order valence-electron chi connectivity index (χ2n) is 9.69. The fourth-order valence-corrected chi connectivity index (χ4v) is 6.13. The summed E-state index contributed by atoms with van der Waals surface area (Å²) in [5, 5.41) is 7.49. The number of methoxy groups -OCH3 is 1. The van der Waals surface area contributed by atoms with Crippen LogP contribution in [-0.2, 0) is 4.74 Å². The summed E-state index contributed by atoms with van der Waals surface area (Å²) < 4.78 is 6.25. The maximum Gasteiger partial charge on any atom is 0.264 e. The number of thiophene rings is 1. The number of fused-ring (bicyclic) bond motifs is 2. The van der Waals surface area contributed by atoms with E-state index in [9.17, 15) is 9.59 Å². The molecule has 0 radical (unpaired) electrons. The Morgan fingerprint density at radius 3 is 2.89 bits per heavy atom. The number of nitrogens with one attached hydrogen (secondary N) is 3. The molecule has 1 aromatic carbocycles. The van der Waals surface area contributed by atoms with E-state index in [1.807, 2.05) is 42.2 Å². The Hall–Kier alpha value is -3.43. The van der Waals surface area contributed by atoms with E-state index in [2.05, 4.69) is 20.6 Å². The van der Waals surface area contributed by atoms with Crippen molar-refractivity contribution in [2.45, 2.75) is 44.7 Å². The van der Waals surface area contributed by atoms with Gasteiger partial charge in [0.05, 0.1) is 39.0 Å². The van der Waals surface area contributed by atoms with Crippen LogP contribution in [-0.4, -0.2) is 59.0 Å². The molecule has 2 fully saturated rings. The Bertz CT molecular complexity index is 1470. The number of H-pyrrole nitrogens is 1. The molecule has 0 spiro atoms. The molecule has 0 unspecified atom stereocenters. The van der Waals surface area contributed by atoms with Crippen molar-refractivity contribution in [3.63, 3.8) is 0 Å². The molecule has 1 aliphatic carbocycles. The van der Waals surface area contributed by atoms with Crippen LogP contribution in [0.4, 0.5) is 11.4 Å². The number of rotatable bonds is 7. The second-order valence-corrected chi connectivity index (χ2v) is 10.7. The zero-order valence-corrected chi connectivity index (χ0v) is 21.2. The number of pyridine rings is 1. The van der Waals surface area contributed by atoms with Gasteiger partial charge in [-0.15, -0.1) is 11.3 Å². The van der Waals surface area contributed by atoms with Crippen LogP contribution in [0.25, 0.3) is 21.1 Å². The molecule has 1 atom stereocenters. The molecule has 6 rings (SSSR count). The third kappa shape index (κ3) is 4.22. The van der Waals surface area contributed by atoms with Gasteiger partial charge in [-0.05, 0) is 62.9 Å². The fourth-order valence-electron chi connectivity index (χ4n) is 5.09. The van der Waals surface area contributed by atoms with Gasteiger partial charge in [-0.25, -0.2) is 0 Å². The molecule has 9 heteroatoms. The van der Waals surface area contributed by atoms with E-state index in [1.54, 1.807) is 13.3 Å². The van der Waals surface area contributed by atoms with Crippen molar-refractivity contribution in [2.75, 3.05) is 25.6 Å². The Balaban J connectivity index is 1.30. The fraction of sp³-hybridized carbons (Fsp3) is 0.370. The number of hydrogen-bond donors (Lipinski definition) is 3. The highest BCUT2D eigenvalue weighted by Crippen LogP contribution is 2.35. The molecular formula is C27H29N5O3S. The van der Waals surface area contributed by atoms with Crippen molar-refractivity contribution in [1.29, 1.82) is 0 Å². The Morgan fingerprint density at radius 1 is 1.22 bits per heavy atom. The van der Waals surface area contributed by atoms with Gasteiger partial charge in [0.1, 0.15) is 0 Å². The molecule has 1 aliphatic heterocycles. The van der Waals surface area contributed by atoms with Gasteiger partial charge in [-0.2, -0.15) is 0 Å². The maximum absolute atomic E-state index is 13.3. The monoisotopic (exact) mass is 503 g/mol. The minimum absolute atomic E-state index is 0.0280. The van der Waals surface area contributed by atoms with Crippen molar-refractivity contribution in [3.05, 3.63) is 52.7 Å². The number of aromatic amines is 1. The summed E-state index contributed by atoms with van der Waals surface area (Å²) in [6, 6.07) is 10.2. The Kier molecular flexibility index (Phi) is 5.89. The number of amides is 2. The average molecular weight is 504 g/mol. The standard InChI is InChI=1S/C27H29N5O3S/c1-15-24(26(33)31-16-5-6-16)19-12-17(7-8-20(19)29-15)30-21-9-10-28-22-13-23(36-25(21)22)27(34)32-11-3-4-18(32)14-35-2/h7-10,12-13,16,18,29H,3-6,11,14H2,1-2H3,(H,28,30)(H,31,33)/t18-/m0/s1. The lowest BCUT2D eigenvalue weighted by atomic mass is 10.1. The van der Waals surface area contributed by atoms with Gasteiger partial charge in [0.15, 0.2) is 0 Å². The Morgan fingerprint density at radius 2 is 2.08 bits per heavy atom. The summed E-state index contributed by atoms with van der Waals surface area (Å²) in [6.07, 6.45) is 5.82. The van der Waals surface area contributed by atoms with E-state index in [-0.39, 0.29) is 17.9 Å². The molecular weight excluding hydrogens is 474 g/mol. The van der Waals surface area contributed by atoms with E-state index < -0.39 is 0 Å². The van der Waals surface area contributed by atoms with Crippen LogP contribution in [0.1, 0.15) is 51.4 Å². The van der Waals surface area contributed by atoms with Crippen molar-refractivity contribution in [3.8, 4) is 0 Å². The summed E-state index contributed by atoms with van der Waals surface area (Å²) >= 11 is 1.46. The molecule has 3 aromatic heterocycles. The van der Waals surface area contributed by atoms with Crippen molar-refractivity contribution in [1.82, 2.24) is 20.2 Å². The van der Waals surface area contributed by atoms with Gasteiger partial charge < -0.3 is 25.3 Å². The highest BCUT2D eigenvalue weighted by molar-refractivity contribution is 7.21. The third-order valence-electron chi connectivity index (χ3n) is 7.02. The first-order valence-corrected chi connectivity index (χ1v) is 13.2. The lowest BCUT2D eigenvalue weighted by molar-refractivity contribution is 0.0635. The van der Waals surface area contributed by atoms with E-state index in [0.717, 1.165) is 70.4 Å². The number of ether oxygens (including phenoxy) is 1. The smallest absolute Gasteiger partial charge is 0.264 e. The van der Waals surface area contributed by atoms with Crippen LogP contribution < -0.4 is 10.6 Å². The number of benzene rings is 1. The lowest BCUT2D eigenvalue weighted by Crippen LogP contribution is -2.37. The minimum atomic E-state index is -0.0280. The highest BCUT2D eigenvalue weighted by Gasteiger charge is 2.30. The molecule has 3 N–H and O–H groups in total. The molecule has 36 heavy (non-hydrogen) atoms. The highest BCUT2D eigenvalue weighted by atomic mass is 32.1. The summed E-state index contributed by atoms with van der Waals surface area (Å²) in [4.78, 5) is 36.6. The number of nitrogens with zero attached hydrogens (tertiary/aromatic N) is 2. The second kappa shape index (κ2) is 9.22. The van der Waals surface area contributed by atoms with Gasteiger partial charge in [0.25, 0.3) is 11.8 Å². The van der Waals surface area contributed by atoms with Crippen LogP contribution >= 0.6 is 11.3 Å². The van der Waals surface area contributed by atoms with E-state index >= 15 is 0 Å². The van der Waals surface area contributed by atoms with E-state index in [1.165, 1.54) is 11.3 Å². The molecule has 1 saturated carbocycles. The van der Waals surface area contributed by atoms with Crippen molar-refractivity contribution >= 4 is 55.6 Å². The lowest BCUT2D eigenvalue weighted by Gasteiger charge is -2.23. The molecule has 2 aliphatic rings. The molecule has 8 nitrogen and oxygen atoms in total. The zero-order valence-electron chi connectivity index (χ0n) is 20.4. The topological polar surface area (TPSA) is 99.3 Å². The first-order valence-electron chi connectivity index (χ1n) is 12.4. The number of aryl methyl sites for hydroxylation is 1. The molecule has 4 aromatic rings. The number of aromatic nitrogens is 2. The van der Waals surface area contributed by atoms with E-state index in [0.29, 0.717) is 23.1 Å². The van der Waals surface area contributed by atoms with Crippen molar-refractivity contribution < 1.29 is 14.3 Å². The number of carbonyl (C=O) groups excluding carboxylic acids is 2. The molecule has 0 bridgehead atoms. The Labute approximate surface area is 213 Å². The first-order chi connectivity index (χ1) is 17.5. The number of hydrogen-bond acceptors (Lipinski definition) is 6. The molecule has 2 amide bonds. The van der Waals surface area contributed by atoms with E-state index in [4.69, 9.17) is 4.74 Å². The third-order valence-corrected chi connectivity index (χ3v) is 8.17. The van der Waals surface area contributed by atoms with Crippen LogP contribution in [0.15, 0.2) is 36.5 Å². The van der Waals surface area contributed by atoms with Gasteiger partial charge in [0.2, 0.25) is 0 Å².